The van der Waals surface area contributed by atoms with Crippen LogP contribution >= 0.6 is 0 Å². The molecule has 0 aromatic heterocycles. The molecule has 1 aliphatic rings. The van der Waals surface area contributed by atoms with Crippen LogP contribution in [-0.4, -0.2) is 43.2 Å². The van der Waals surface area contributed by atoms with Crippen molar-refractivity contribution in [1.29, 1.82) is 0 Å². The van der Waals surface area contributed by atoms with Crippen LogP contribution in [0.3, 0.4) is 0 Å². The molecule has 0 fully saturated rings. The van der Waals surface area contributed by atoms with Crippen molar-refractivity contribution >= 4 is 26.5 Å². The summed E-state index contributed by atoms with van der Waals surface area (Å²) in [7, 11) is -10.4. The third-order valence-corrected chi connectivity index (χ3v) is 4.26. The summed E-state index contributed by atoms with van der Waals surface area (Å²) in [4.78, 5) is 2.89. The Bertz CT molecular complexity index is 398. The van der Waals surface area contributed by atoms with Crippen molar-refractivity contribution < 1.29 is 30.7 Å². The van der Waals surface area contributed by atoms with Gasteiger partial charge in [0, 0.05) is 6.21 Å². The fraction of sp³-hybridized carbons (Fsp3) is 0.667. The molecule has 1 heterocycles. The SMILES string of the molecule is O=S(=O)(O)C1(S(=O)(=O)O)N=CCO1. The zero-order chi connectivity index (χ0) is 10.3. The highest BCUT2D eigenvalue weighted by molar-refractivity contribution is 8.05. The minimum absolute atomic E-state index is 0.431. The lowest BCUT2D eigenvalue weighted by Crippen LogP contribution is -2.44. The molecule has 2 N–H and O–H groups in total. The van der Waals surface area contributed by atoms with E-state index in [2.05, 4.69) is 9.73 Å². The fourth-order valence-corrected chi connectivity index (χ4v) is 2.66. The molecule has 0 saturated heterocycles. The summed E-state index contributed by atoms with van der Waals surface area (Å²) in [5, 5.41) is 0. The third kappa shape index (κ3) is 1.46. The van der Waals surface area contributed by atoms with Crippen molar-refractivity contribution in [3.05, 3.63) is 0 Å². The highest BCUT2D eigenvalue weighted by atomic mass is 32.3. The molecule has 1 aliphatic heterocycles. The predicted molar refractivity (Wildman–Crippen MR) is 40.3 cm³/mol. The van der Waals surface area contributed by atoms with E-state index in [0.717, 1.165) is 6.21 Å². The van der Waals surface area contributed by atoms with Gasteiger partial charge in [0.2, 0.25) is 0 Å². The minimum Gasteiger partial charge on any atom is -0.320 e. The van der Waals surface area contributed by atoms with Crippen LogP contribution in [0.5, 0.6) is 0 Å². The molecule has 1 rings (SSSR count). The second kappa shape index (κ2) is 2.72. The molecule has 10 heteroatoms. The Morgan fingerprint density at radius 2 is 1.69 bits per heavy atom. The van der Waals surface area contributed by atoms with E-state index in [9.17, 15) is 16.8 Å². The molecule has 8 nitrogen and oxygen atoms in total. The van der Waals surface area contributed by atoms with Gasteiger partial charge >= 0.3 is 24.6 Å². The van der Waals surface area contributed by atoms with Gasteiger partial charge < -0.3 is 4.74 Å². The number of nitrogens with zero attached hydrogens (tertiary/aromatic N) is 1. The van der Waals surface area contributed by atoms with Gasteiger partial charge in [-0.05, 0) is 0 Å². The quantitative estimate of drug-likeness (QED) is 0.551. The van der Waals surface area contributed by atoms with Crippen molar-refractivity contribution in [2.24, 2.45) is 4.99 Å². The Hall–Kier alpha value is -0.550. The molecule has 0 bridgehead atoms. The van der Waals surface area contributed by atoms with Crippen LogP contribution in [-0.2, 0) is 25.0 Å². The average molecular weight is 231 g/mol. The summed E-state index contributed by atoms with van der Waals surface area (Å²) < 4.78 is 60.2. The summed E-state index contributed by atoms with van der Waals surface area (Å²) in [5.41, 5.74) is 0. The number of hydrogen-bond acceptors (Lipinski definition) is 6. The molecular formula is C3H5NO7S2. The van der Waals surface area contributed by atoms with E-state index in [-0.39, 0.29) is 0 Å². The maximum Gasteiger partial charge on any atom is 0.417 e. The molecule has 76 valence electrons. The molecule has 0 spiro atoms. The van der Waals surface area contributed by atoms with Gasteiger partial charge in [0.25, 0.3) is 0 Å². The van der Waals surface area contributed by atoms with E-state index in [4.69, 9.17) is 9.11 Å². The first-order chi connectivity index (χ1) is 5.71. The molecule has 0 saturated carbocycles. The summed E-state index contributed by atoms with van der Waals surface area (Å²) in [6.45, 7) is -0.431. The van der Waals surface area contributed by atoms with Crippen molar-refractivity contribution in [2.45, 2.75) is 4.39 Å². The van der Waals surface area contributed by atoms with E-state index in [1.807, 2.05) is 0 Å². The molecule has 13 heavy (non-hydrogen) atoms. The maximum atomic E-state index is 10.6. The van der Waals surface area contributed by atoms with Crippen LogP contribution in [0.2, 0.25) is 0 Å². The van der Waals surface area contributed by atoms with Gasteiger partial charge in [-0.25, -0.2) is 4.99 Å². The van der Waals surface area contributed by atoms with Crippen LogP contribution in [0.1, 0.15) is 0 Å². The van der Waals surface area contributed by atoms with Crippen molar-refractivity contribution in [2.75, 3.05) is 6.61 Å². The van der Waals surface area contributed by atoms with Crippen molar-refractivity contribution in [3.8, 4) is 0 Å². The van der Waals surface area contributed by atoms with E-state index >= 15 is 0 Å². The molecule has 0 amide bonds. The third-order valence-electron chi connectivity index (χ3n) is 1.24. The van der Waals surface area contributed by atoms with Gasteiger partial charge in [-0.1, -0.05) is 0 Å². The standard InChI is InChI=1S/C3H5NO7S2/c5-12(6,7)3(13(8,9)10)4-1-2-11-3/h1H,2H2,(H,5,6,7)(H,8,9,10). The molecule has 0 aromatic carbocycles. The summed E-state index contributed by atoms with van der Waals surface area (Å²) >= 11 is 0. The molecule has 0 unspecified atom stereocenters. The van der Waals surface area contributed by atoms with Gasteiger partial charge in [-0.15, -0.1) is 0 Å². The van der Waals surface area contributed by atoms with Crippen molar-refractivity contribution in [1.82, 2.24) is 0 Å². The zero-order valence-electron chi connectivity index (χ0n) is 5.98. The Morgan fingerprint density at radius 1 is 1.23 bits per heavy atom. The van der Waals surface area contributed by atoms with E-state index in [1.165, 1.54) is 0 Å². The lowest BCUT2D eigenvalue weighted by Gasteiger charge is -2.17. The van der Waals surface area contributed by atoms with Crippen LogP contribution in [0.4, 0.5) is 0 Å². The van der Waals surface area contributed by atoms with Crippen LogP contribution in [0, 0.1) is 0 Å². The fourth-order valence-electron chi connectivity index (χ4n) is 0.744. The van der Waals surface area contributed by atoms with Gasteiger partial charge in [0.15, 0.2) is 0 Å². The average Bonchev–Trinajstić information content (AvgIpc) is 2.28. The van der Waals surface area contributed by atoms with Gasteiger partial charge in [0.1, 0.15) is 0 Å². The van der Waals surface area contributed by atoms with Gasteiger partial charge in [-0.2, -0.15) is 16.8 Å². The minimum atomic E-state index is -5.18. The van der Waals surface area contributed by atoms with Crippen LogP contribution < -0.4 is 0 Å². The second-order valence-electron chi connectivity index (χ2n) is 2.10. The normalized spacial score (nSPS) is 22.0. The molecule has 0 aliphatic carbocycles. The van der Waals surface area contributed by atoms with Gasteiger partial charge in [-0.3, -0.25) is 9.11 Å². The number of hydrogen-bond donors (Lipinski definition) is 2. The van der Waals surface area contributed by atoms with E-state index in [0.29, 0.717) is 0 Å². The number of rotatable bonds is 2. The first-order valence-electron chi connectivity index (χ1n) is 2.82. The highest BCUT2D eigenvalue weighted by Gasteiger charge is 2.58. The Kier molecular flexibility index (Phi) is 2.20. The molecular weight excluding hydrogens is 226 g/mol. The Labute approximate surface area is 73.7 Å². The maximum absolute atomic E-state index is 10.6. The smallest absolute Gasteiger partial charge is 0.320 e. The van der Waals surface area contributed by atoms with Crippen molar-refractivity contribution in [3.63, 3.8) is 0 Å². The summed E-state index contributed by atoms with van der Waals surface area (Å²) in [5.74, 6) is 0. The topological polar surface area (TPSA) is 130 Å². The second-order valence-corrected chi connectivity index (χ2v) is 5.36. The predicted octanol–water partition coefficient (Wildman–Crippen LogP) is -1.53. The van der Waals surface area contributed by atoms with E-state index in [1.54, 1.807) is 0 Å². The van der Waals surface area contributed by atoms with Gasteiger partial charge in [0.05, 0.1) is 6.61 Å². The summed E-state index contributed by atoms with van der Waals surface area (Å²) in [6.07, 6.45) is 0.807. The monoisotopic (exact) mass is 231 g/mol. The Balaban J connectivity index is 3.45. The lowest BCUT2D eigenvalue weighted by atomic mass is 10.8. The van der Waals surface area contributed by atoms with Crippen LogP contribution in [0.25, 0.3) is 0 Å². The number of ether oxygens (including phenoxy) is 1. The first-order valence-corrected chi connectivity index (χ1v) is 5.70. The molecule has 0 radical (unpaired) electrons. The highest BCUT2D eigenvalue weighted by Crippen LogP contribution is 2.28. The summed E-state index contributed by atoms with van der Waals surface area (Å²) in [6, 6.07) is 0. The zero-order valence-corrected chi connectivity index (χ0v) is 7.62. The van der Waals surface area contributed by atoms with E-state index < -0.39 is 31.2 Å². The lowest BCUT2D eigenvalue weighted by molar-refractivity contribution is 0.116. The first kappa shape index (κ1) is 10.5. The molecule has 0 atom stereocenters. The van der Waals surface area contributed by atoms with Crippen LogP contribution in [0.15, 0.2) is 4.99 Å². The number of aliphatic imine (C=N–C) groups is 1. The Morgan fingerprint density at radius 3 is 1.85 bits per heavy atom. The molecule has 0 aromatic rings. The largest absolute Gasteiger partial charge is 0.417 e.